The number of hydrogen-bond donors (Lipinski definition) is 1. The van der Waals surface area contributed by atoms with E-state index in [0.717, 1.165) is 24.0 Å². The maximum atomic E-state index is 12.8. The number of rotatable bonds is 8. The van der Waals surface area contributed by atoms with Crippen molar-refractivity contribution < 1.29 is 22.7 Å². The zero-order chi connectivity index (χ0) is 18.4. The highest BCUT2D eigenvalue weighted by Gasteiger charge is 2.31. The highest BCUT2D eigenvalue weighted by Crippen LogP contribution is 2.30. The van der Waals surface area contributed by atoms with E-state index in [-0.39, 0.29) is 22.9 Å². The van der Waals surface area contributed by atoms with Gasteiger partial charge in [0.25, 0.3) is 0 Å². The minimum absolute atomic E-state index is 0.0437. The van der Waals surface area contributed by atoms with Crippen LogP contribution in [0.2, 0.25) is 0 Å². The van der Waals surface area contributed by atoms with Crippen LogP contribution in [0.4, 0.5) is 13.2 Å². The molecule has 138 valence electrons. The van der Waals surface area contributed by atoms with Crippen molar-refractivity contribution in [2.45, 2.75) is 37.7 Å². The fraction of sp³-hybridized carbons (Fsp3) is 0.533. The van der Waals surface area contributed by atoms with Crippen LogP contribution in [-0.2, 0) is 15.7 Å². The van der Waals surface area contributed by atoms with Crippen LogP contribution in [0, 0.1) is 0 Å². The molecule has 6 nitrogen and oxygen atoms in total. The second-order valence-electron chi connectivity index (χ2n) is 5.54. The molecule has 0 bridgehead atoms. The lowest BCUT2D eigenvalue weighted by Gasteiger charge is -2.08. The molecule has 0 saturated heterocycles. The summed E-state index contributed by atoms with van der Waals surface area (Å²) in [7, 11) is 0. The Morgan fingerprint density at radius 1 is 1.36 bits per heavy atom. The summed E-state index contributed by atoms with van der Waals surface area (Å²) in [5, 5.41) is 10.6. The van der Waals surface area contributed by atoms with Gasteiger partial charge in [-0.3, -0.25) is 9.20 Å². The predicted octanol–water partition coefficient (Wildman–Crippen LogP) is 2.77. The molecule has 2 aromatic rings. The van der Waals surface area contributed by atoms with Gasteiger partial charge in [-0.25, -0.2) is 0 Å². The average Bonchev–Trinajstić information content (AvgIpc) is 2.93. The number of aromatic nitrogens is 3. The Balaban J connectivity index is 1.87. The molecule has 0 aromatic carbocycles. The molecule has 1 amide bonds. The SMILES string of the molecule is CC(C)OCCCNC(=O)CSc1nnc2ccc(C(F)(F)F)cn12. The fourth-order valence-electron chi connectivity index (χ4n) is 1.94. The van der Waals surface area contributed by atoms with Crippen LogP contribution in [0.5, 0.6) is 0 Å². The van der Waals surface area contributed by atoms with Crippen molar-refractivity contribution in [1.29, 1.82) is 0 Å². The number of thioether (sulfide) groups is 1. The van der Waals surface area contributed by atoms with Crippen LogP contribution in [0.1, 0.15) is 25.8 Å². The number of ether oxygens (including phenoxy) is 1. The minimum atomic E-state index is -4.45. The molecule has 0 aliphatic rings. The van der Waals surface area contributed by atoms with Crippen molar-refractivity contribution in [3.63, 3.8) is 0 Å². The summed E-state index contributed by atoms with van der Waals surface area (Å²) in [6, 6.07) is 2.19. The van der Waals surface area contributed by atoms with Gasteiger partial charge in [0, 0.05) is 19.3 Å². The van der Waals surface area contributed by atoms with Gasteiger partial charge in [-0.15, -0.1) is 10.2 Å². The Morgan fingerprint density at radius 3 is 2.80 bits per heavy atom. The first-order valence-corrected chi connectivity index (χ1v) is 8.69. The molecule has 0 saturated carbocycles. The van der Waals surface area contributed by atoms with E-state index in [0.29, 0.717) is 25.2 Å². The van der Waals surface area contributed by atoms with Crippen LogP contribution in [0.15, 0.2) is 23.5 Å². The van der Waals surface area contributed by atoms with Gasteiger partial charge in [-0.1, -0.05) is 11.8 Å². The van der Waals surface area contributed by atoms with Gasteiger partial charge >= 0.3 is 6.18 Å². The first kappa shape index (κ1) is 19.5. The minimum Gasteiger partial charge on any atom is -0.379 e. The summed E-state index contributed by atoms with van der Waals surface area (Å²) in [5.41, 5.74) is -0.502. The number of carbonyl (C=O) groups is 1. The Hall–Kier alpha value is -1.81. The number of halogens is 3. The van der Waals surface area contributed by atoms with Gasteiger partial charge in [0.05, 0.1) is 17.4 Å². The van der Waals surface area contributed by atoms with E-state index in [1.807, 2.05) is 13.8 Å². The molecule has 0 spiro atoms. The summed E-state index contributed by atoms with van der Waals surface area (Å²) in [4.78, 5) is 11.8. The molecule has 0 fully saturated rings. The van der Waals surface area contributed by atoms with Crippen molar-refractivity contribution >= 4 is 23.3 Å². The van der Waals surface area contributed by atoms with Crippen LogP contribution in [-0.4, -0.2) is 45.5 Å². The topological polar surface area (TPSA) is 68.5 Å². The summed E-state index contributed by atoms with van der Waals surface area (Å²) in [6.07, 6.45) is -2.68. The molecule has 0 radical (unpaired) electrons. The van der Waals surface area contributed by atoms with Crippen LogP contribution in [0.25, 0.3) is 5.65 Å². The molecule has 0 unspecified atom stereocenters. The second-order valence-corrected chi connectivity index (χ2v) is 6.48. The largest absolute Gasteiger partial charge is 0.417 e. The van der Waals surface area contributed by atoms with E-state index >= 15 is 0 Å². The molecule has 1 N–H and O–H groups in total. The molecule has 0 aliphatic carbocycles. The average molecular weight is 376 g/mol. The van der Waals surface area contributed by atoms with Gasteiger partial charge in [-0.2, -0.15) is 13.2 Å². The maximum Gasteiger partial charge on any atom is 0.417 e. The first-order chi connectivity index (χ1) is 11.8. The first-order valence-electron chi connectivity index (χ1n) is 7.70. The van der Waals surface area contributed by atoms with E-state index in [2.05, 4.69) is 15.5 Å². The number of nitrogens with zero attached hydrogens (tertiary/aromatic N) is 3. The summed E-state index contributed by atoms with van der Waals surface area (Å²) in [5.74, 6) is -0.180. The highest BCUT2D eigenvalue weighted by molar-refractivity contribution is 7.99. The molecule has 0 atom stereocenters. The van der Waals surface area contributed by atoms with E-state index in [9.17, 15) is 18.0 Å². The number of hydrogen-bond acceptors (Lipinski definition) is 5. The summed E-state index contributed by atoms with van der Waals surface area (Å²) < 4.78 is 44.9. The lowest BCUT2D eigenvalue weighted by atomic mass is 10.3. The third-order valence-corrected chi connectivity index (χ3v) is 4.07. The lowest BCUT2D eigenvalue weighted by molar-refractivity contribution is -0.137. The van der Waals surface area contributed by atoms with E-state index in [4.69, 9.17) is 4.74 Å². The zero-order valence-corrected chi connectivity index (χ0v) is 14.7. The Bertz CT molecular complexity index is 718. The van der Waals surface area contributed by atoms with Crippen LogP contribution in [0.3, 0.4) is 0 Å². The number of nitrogens with one attached hydrogen (secondary N) is 1. The molecule has 0 aliphatic heterocycles. The maximum absolute atomic E-state index is 12.8. The summed E-state index contributed by atoms with van der Waals surface area (Å²) in [6.45, 7) is 4.90. The number of carbonyl (C=O) groups excluding carboxylic acids is 1. The Kier molecular flexibility index (Phi) is 6.65. The molecular formula is C15H19F3N4O2S. The third-order valence-electron chi connectivity index (χ3n) is 3.13. The Labute approximate surface area is 147 Å². The van der Waals surface area contributed by atoms with Gasteiger partial charge in [-0.05, 0) is 32.4 Å². The van der Waals surface area contributed by atoms with Gasteiger partial charge < -0.3 is 10.1 Å². The van der Waals surface area contributed by atoms with Crippen molar-refractivity contribution in [2.75, 3.05) is 18.9 Å². The fourth-order valence-corrected chi connectivity index (χ4v) is 2.68. The van der Waals surface area contributed by atoms with Crippen LogP contribution >= 0.6 is 11.8 Å². The monoisotopic (exact) mass is 376 g/mol. The van der Waals surface area contributed by atoms with E-state index in [1.54, 1.807) is 0 Å². The Morgan fingerprint density at radius 2 is 2.12 bits per heavy atom. The van der Waals surface area contributed by atoms with E-state index in [1.165, 1.54) is 10.5 Å². The van der Waals surface area contributed by atoms with Crippen molar-refractivity contribution in [3.05, 3.63) is 23.9 Å². The third kappa shape index (κ3) is 5.89. The normalized spacial score (nSPS) is 12.1. The molecule has 10 heteroatoms. The molecule has 2 rings (SSSR count). The number of fused-ring (bicyclic) bond motifs is 1. The van der Waals surface area contributed by atoms with Crippen LogP contribution < -0.4 is 5.32 Å². The zero-order valence-electron chi connectivity index (χ0n) is 13.8. The number of amides is 1. The van der Waals surface area contributed by atoms with Crippen molar-refractivity contribution in [2.24, 2.45) is 0 Å². The van der Waals surface area contributed by atoms with Gasteiger partial charge in [0.1, 0.15) is 0 Å². The quantitative estimate of drug-likeness (QED) is 0.567. The van der Waals surface area contributed by atoms with Crippen molar-refractivity contribution in [3.8, 4) is 0 Å². The highest BCUT2D eigenvalue weighted by atomic mass is 32.2. The number of alkyl halides is 3. The van der Waals surface area contributed by atoms with Gasteiger partial charge in [0.2, 0.25) is 5.91 Å². The summed E-state index contributed by atoms with van der Waals surface area (Å²) >= 11 is 1.03. The van der Waals surface area contributed by atoms with Gasteiger partial charge in [0.15, 0.2) is 10.8 Å². The molecular weight excluding hydrogens is 357 g/mol. The number of pyridine rings is 1. The predicted molar refractivity (Wildman–Crippen MR) is 87.4 cm³/mol. The lowest BCUT2D eigenvalue weighted by Crippen LogP contribution is -2.27. The smallest absolute Gasteiger partial charge is 0.379 e. The molecule has 2 heterocycles. The van der Waals surface area contributed by atoms with Crippen molar-refractivity contribution in [1.82, 2.24) is 19.9 Å². The second kappa shape index (κ2) is 8.52. The molecule has 25 heavy (non-hydrogen) atoms. The molecule has 2 aromatic heterocycles. The standard InChI is InChI=1S/C15H19F3N4O2S/c1-10(2)24-7-3-6-19-13(23)9-25-14-21-20-12-5-4-11(8-22(12)14)15(16,17)18/h4-5,8,10H,3,6-7,9H2,1-2H3,(H,19,23). The van der Waals surface area contributed by atoms with E-state index < -0.39 is 11.7 Å².